The Bertz CT molecular complexity index is 421. The summed E-state index contributed by atoms with van der Waals surface area (Å²) in [6.45, 7) is 0. The second-order valence-electron chi connectivity index (χ2n) is 2.53. The van der Waals surface area contributed by atoms with Crippen LogP contribution in [0.15, 0.2) is 17.2 Å². The van der Waals surface area contributed by atoms with Crippen LogP contribution in [0.5, 0.6) is 5.75 Å². The molecule has 0 unspecified atom stereocenters. The van der Waals surface area contributed by atoms with Crippen LogP contribution >= 0.6 is 0 Å². The molecule has 0 spiro atoms. The van der Waals surface area contributed by atoms with Crippen molar-refractivity contribution in [1.29, 1.82) is 0 Å². The zero-order valence-electron chi connectivity index (χ0n) is 7.37. The Labute approximate surface area is 83.2 Å². The molecule has 0 aliphatic carbocycles. The van der Waals surface area contributed by atoms with Crippen LogP contribution in [-0.4, -0.2) is 17.4 Å². The molecular formula is C8H7F2N3O2. The first-order valence-electron chi connectivity index (χ1n) is 3.78. The van der Waals surface area contributed by atoms with E-state index in [9.17, 15) is 13.6 Å². The number of nitrogens with one attached hydrogen (secondary N) is 1. The molecule has 15 heavy (non-hydrogen) atoms. The quantitative estimate of drug-likeness (QED) is 0.500. The Morgan fingerprint density at radius 2 is 2.20 bits per heavy atom. The number of rotatable bonds is 2. The molecule has 5 nitrogen and oxygen atoms in total. The van der Waals surface area contributed by atoms with Gasteiger partial charge in [0.25, 0.3) is 0 Å². The molecule has 0 atom stereocenters. The Balaban J connectivity index is 2.98. The van der Waals surface area contributed by atoms with Crippen molar-refractivity contribution in [3.63, 3.8) is 0 Å². The van der Waals surface area contributed by atoms with Crippen molar-refractivity contribution >= 4 is 12.2 Å². The highest BCUT2D eigenvalue weighted by Gasteiger charge is 2.10. The van der Waals surface area contributed by atoms with Gasteiger partial charge in [0.05, 0.1) is 11.8 Å². The van der Waals surface area contributed by atoms with Gasteiger partial charge in [0, 0.05) is 0 Å². The second-order valence-corrected chi connectivity index (χ2v) is 2.53. The topological polar surface area (TPSA) is 87.7 Å². The standard InChI is InChI=1S/C8H7F2N3O2/c9-5-1-2-6(14)7(10)4(5)3-12-13-8(11)15/h1-3,14H,(H3,11,13,15). The third-order valence-electron chi connectivity index (χ3n) is 1.47. The number of urea groups is 1. The molecule has 1 aromatic rings. The van der Waals surface area contributed by atoms with Crippen LogP contribution < -0.4 is 11.2 Å². The SMILES string of the molecule is NC(=O)NN=Cc1c(F)ccc(O)c1F. The number of hydrogen-bond donors (Lipinski definition) is 3. The molecule has 0 aliphatic rings. The van der Waals surface area contributed by atoms with Gasteiger partial charge in [-0.25, -0.2) is 19.0 Å². The van der Waals surface area contributed by atoms with Gasteiger partial charge in [-0.15, -0.1) is 0 Å². The fraction of sp³-hybridized carbons (Fsp3) is 0. The summed E-state index contributed by atoms with van der Waals surface area (Å²) in [6.07, 6.45) is 0.704. The molecule has 1 rings (SSSR count). The van der Waals surface area contributed by atoms with Gasteiger partial charge in [-0.1, -0.05) is 0 Å². The van der Waals surface area contributed by atoms with Gasteiger partial charge in [0.15, 0.2) is 11.6 Å². The van der Waals surface area contributed by atoms with Gasteiger partial charge in [-0.2, -0.15) is 5.10 Å². The highest BCUT2D eigenvalue weighted by molar-refractivity contribution is 5.82. The van der Waals surface area contributed by atoms with Gasteiger partial charge >= 0.3 is 6.03 Å². The predicted molar refractivity (Wildman–Crippen MR) is 48.3 cm³/mol. The van der Waals surface area contributed by atoms with Gasteiger partial charge in [-0.3, -0.25) is 0 Å². The second kappa shape index (κ2) is 4.36. The van der Waals surface area contributed by atoms with Gasteiger partial charge in [-0.05, 0) is 12.1 Å². The molecule has 0 bridgehead atoms. The van der Waals surface area contributed by atoms with Crippen molar-refractivity contribution in [3.05, 3.63) is 29.3 Å². The fourth-order valence-electron chi connectivity index (χ4n) is 0.837. The number of nitrogens with zero attached hydrogens (tertiary/aromatic N) is 1. The fourth-order valence-corrected chi connectivity index (χ4v) is 0.837. The zero-order valence-corrected chi connectivity index (χ0v) is 7.37. The average Bonchev–Trinajstić information content (AvgIpc) is 2.17. The van der Waals surface area contributed by atoms with E-state index in [0.717, 1.165) is 12.1 Å². The maximum atomic E-state index is 13.1. The van der Waals surface area contributed by atoms with Crippen LogP contribution in [-0.2, 0) is 0 Å². The predicted octanol–water partition coefficient (Wildman–Crippen LogP) is 0.673. The van der Waals surface area contributed by atoms with Crippen LogP contribution in [0.1, 0.15) is 5.56 Å². The largest absolute Gasteiger partial charge is 0.505 e. The highest BCUT2D eigenvalue weighted by atomic mass is 19.1. The normalized spacial score (nSPS) is 10.5. The first kappa shape index (κ1) is 10.9. The van der Waals surface area contributed by atoms with Crippen LogP contribution in [0.2, 0.25) is 0 Å². The van der Waals surface area contributed by atoms with Crippen LogP contribution in [0, 0.1) is 11.6 Å². The number of halogens is 2. The van der Waals surface area contributed by atoms with Crippen molar-refractivity contribution in [3.8, 4) is 5.75 Å². The van der Waals surface area contributed by atoms with E-state index in [-0.39, 0.29) is 0 Å². The minimum atomic E-state index is -1.16. The number of nitrogens with two attached hydrogens (primary N) is 1. The van der Waals surface area contributed by atoms with Crippen LogP contribution in [0.3, 0.4) is 0 Å². The lowest BCUT2D eigenvalue weighted by Gasteiger charge is -2.00. The molecule has 0 fully saturated rings. The van der Waals surface area contributed by atoms with Crippen molar-refractivity contribution < 1.29 is 18.7 Å². The summed E-state index contributed by atoms with van der Waals surface area (Å²) in [5, 5.41) is 12.1. The first-order chi connectivity index (χ1) is 7.02. The average molecular weight is 215 g/mol. The van der Waals surface area contributed by atoms with E-state index in [2.05, 4.69) is 10.8 Å². The molecular weight excluding hydrogens is 208 g/mol. The molecule has 7 heteroatoms. The van der Waals surface area contributed by atoms with E-state index < -0.39 is 29.0 Å². The van der Waals surface area contributed by atoms with E-state index in [1.807, 2.05) is 0 Å². The van der Waals surface area contributed by atoms with Crippen molar-refractivity contribution in [2.75, 3.05) is 0 Å². The van der Waals surface area contributed by atoms with E-state index >= 15 is 0 Å². The van der Waals surface area contributed by atoms with E-state index in [0.29, 0.717) is 6.21 Å². The molecule has 0 saturated carbocycles. The number of primary amides is 1. The number of phenolic OH excluding ortho intramolecular Hbond substituents is 1. The molecule has 0 aromatic heterocycles. The first-order valence-corrected chi connectivity index (χ1v) is 3.78. The van der Waals surface area contributed by atoms with E-state index in [1.165, 1.54) is 0 Å². The lowest BCUT2D eigenvalue weighted by molar-refractivity contribution is 0.249. The van der Waals surface area contributed by atoms with Gasteiger partial charge < -0.3 is 10.8 Å². The number of aromatic hydroxyl groups is 1. The van der Waals surface area contributed by atoms with Crippen LogP contribution in [0.25, 0.3) is 0 Å². The third-order valence-corrected chi connectivity index (χ3v) is 1.47. The molecule has 80 valence electrons. The maximum Gasteiger partial charge on any atom is 0.332 e. The van der Waals surface area contributed by atoms with Crippen molar-refractivity contribution in [2.45, 2.75) is 0 Å². The summed E-state index contributed by atoms with van der Waals surface area (Å²) in [5.74, 6) is -2.79. The molecule has 0 radical (unpaired) electrons. The number of benzene rings is 1. The van der Waals surface area contributed by atoms with Crippen molar-refractivity contribution in [2.24, 2.45) is 10.8 Å². The summed E-state index contributed by atoms with van der Waals surface area (Å²) in [6, 6.07) is 0.764. The van der Waals surface area contributed by atoms with E-state index in [1.54, 1.807) is 5.43 Å². The Morgan fingerprint density at radius 1 is 1.53 bits per heavy atom. The van der Waals surface area contributed by atoms with Gasteiger partial charge in [0.2, 0.25) is 0 Å². The minimum absolute atomic E-state index is 0.566. The van der Waals surface area contributed by atoms with Crippen molar-refractivity contribution in [1.82, 2.24) is 5.43 Å². The Hall–Kier alpha value is -2.18. The highest BCUT2D eigenvalue weighted by Crippen LogP contribution is 2.19. The maximum absolute atomic E-state index is 13.1. The molecule has 0 saturated heterocycles. The molecule has 4 N–H and O–H groups in total. The lowest BCUT2D eigenvalue weighted by Crippen LogP contribution is -2.24. The molecule has 0 heterocycles. The molecule has 2 amide bonds. The number of carbonyl (C=O) groups is 1. The van der Waals surface area contributed by atoms with E-state index in [4.69, 9.17) is 5.11 Å². The number of hydrazone groups is 1. The number of hydrogen-bond acceptors (Lipinski definition) is 3. The lowest BCUT2D eigenvalue weighted by atomic mass is 10.2. The zero-order chi connectivity index (χ0) is 11.4. The summed E-state index contributed by atoms with van der Waals surface area (Å²) in [7, 11) is 0. The summed E-state index contributed by atoms with van der Waals surface area (Å²) < 4.78 is 26.0. The number of amides is 2. The third kappa shape index (κ3) is 2.63. The monoisotopic (exact) mass is 215 g/mol. The minimum Gasteiger partial charge on any atom is -0.505 e. The van der Waals surface area contributed by atoms with Crippen LogP contribution in [0.4, 0.5) is 13.6 Å². The number of phenols is 1. The Kier molecular flexibility index (Phi) is 3.17. The summed E-state index contributed by atoms with van der Waals surface area (Å²) >= 11 is 0. The number of carbonyl (C=O) groups excluding carboxylic acids is 1. The smallest absolute Gasteiger partial charge is 0.332 e. The molecule has 1 aromatic carbocycles. The summed E-state index contributed by atoms with van der Waals surface area (Å²) in [4.78, 5) is 10.2. The Morgan fingerprint density at radius 3 is 2.80 bits per heavy atom. The molecule has 0 aliphatic heterocycles. The van der Waals surface area contributed by atoms with Gasteiger partial charge in [0.1, 0.15) is 5.82 Å². The summed E-state index contributed by atoms with van der Waals surface area (Å²) in [5.41, 5.74) is 5.86.